The van der Waals surface area contributed by atoms with Crippen molar-refractivity contribution < 1.29 is 31.9 Å². The smallest absolute Gasteiger partial charge is 0.376 e. The van der Waals surface area contributed by atoms with E-state index in [0.29, 0.717) is 0 Å². The molecular weight excluding hydrogens is 290 g/mol. The SMILES string of the molecule is COC(=O)c1nc(C(C)(C)S(C)(=O)=O)oc1C(=O)OC. The van der Waals surface area contributed by atoms with Crippen molar-refractivity contribution in [3.63, 3.8) is 0 Å². The second kappa shape index (κ2) is 5.23. The van der Waals surface area contributed by atoms with Gasteiger partial charge < -0.3 is 13.9 Å². The summed E-state index contributed by atoms with van der Waals surface area (Å²) in [4.78, 5) is 26.8. The van der Waals surface area contributed by atoms with E-state index < -0.39 is 38.0 Å². The highest BCUT2D eigenvalue weighted by Crippen LogP contribution is 2.30. The zero-order valence-electron chi connectivity index (χ0n) is 11.7. The van der Waals surface area contributed by atoms with Gasteiger partial charge >= 0.3 is 11.9 Å². The van der Waals surface area contributed by atoms with E-state index in [1.54, 1.807) is 0 Å². The van der Waals surface area contributed by atoms with Gasteiger partial charge in [-0.3, -0.25) is 0 Å². The Morgan fingerprint density at radius 3 is 2.05 bits per heavy atom. The van der Waals surface area contributed by atoms with Crippen molar-refractivity contribution in [3.05, 3.63) is 17.3 Å². The monoisotopic (exact) mass is 305 g/mol. The average molecular weight is 305 g/mol. The number of methoxy groups -OCH3 is 2. The van der Waals surface area contributed by atoms with E-state index in [1.165, 1.54) is 13.8 Å². The second-order valence-electron chi connectivity index (χ2n) is 4.46. The minimum absolute atomic E-state index is 0.291. The van der Waals surface area contributed by atoms with Gasteiger partial charge in [0.2, 0.25) is 17.3 Å². The summed E-state index contributed by atoms with van der Waals surface area (Å²) in [5.41, 5.74) is -0.425. The number of aromatic nitrogens is 1. The van der Waals surface area contributed by atoms with Crippen LogP contribution >= 0.6 is 0 Å². The first-order chi connectivity index (χ1) is 9.06. The number of ether oxygens (including phenoxy) is 2. The Hall–Kier alpha value is -1.90. The summed E-state index contributed by atoms with van der Waals surface area (Å²) in [6.45, 7) is 2.69. The molecule has 1 aromatic heterocycles. The average Bonchev–Trinajstić information content (AvgIpc) is 2.81. The third kappa shape index (κ3) is 2.67. The Morgan fingerprint density at radius 2 is 1.65 bits per heavy atom. The van der Waals surface area contributed by atoms with Crippen molar-refractivity contribution in [2.45, 2.75) is 18.6 Å². The predicted molar refractivity (Wildman–Crippen MR) is 67.1 cm³/mol. The topological polar surface area (TPSA) is 113 Å². The largest absolute Gasteiger partial charge is 0.464 e. The van der Waals surface area contributed by atoms with Crippen LogP contribution in [-0.4, -0.2) is 45.8 Å². The molecule has 0 radical (unpaired) electrons. The number of esters is 2. The van der Waals surface area contributed by atoms with Gasteiger partial charge in [-0.2, -0.15) is 0 Å². The highest BCUT2D eigenvalue weighted by atomic mass is 32.2. The fraction of sp³-hybridized carbons (Fsp3) is 0.545. The van der Waals surface area contributed by atoms with Crippen LogP contribution < -0.4 is 0 Å². The van der Waals surface area contributed by atoms with Crippen molar-refractivity contribution in [1.82, 2.24) is 4.98 Å². The van der Waals surface area contributed by atoms with E-state index in [4.69, 9.17) is 4.42 Å². The molecule has 1 heterocycles. The van der Waals surface area contributed by atoms with Crippen LogP contribution in [0.15, 0.2) is 4.42 Å². The third-order valence-corrected chi connectivity index (χ3v) is 4.85. The molecule has 1 aromatic rings. The minimum Gasteiger partial charge on any atom is -0.464 e. The molecule has 8 nitrogen and oxygen atoms in total. The van der Waals surface area contributed by atoms with Crippen molar-refractivity contribution in [2.75, 3.05) is 20.5 Å². The van der Waals surface area contributed by atoms with Crippen LogP contribution in [-0.2, 0) is 24.1 Å². The number of sulfone groups is 1. The number of nitrogens with zero attached hydrogens (tertiary/aromatic N) is 1. The maximum atomic E-state index is 11.7. The van der Waals surface area contributed by atoms with Crippen molar-refractivity contribution >= 4 is 21.8 Å². The molecule has 0 saturated heterocycles. The quantitative estimate of drug-likeness (QED) is 0.740. The van der Waals surface area contributed by atoms with Crippen molar-refractivity contribution in [2.24, 2.45) is 0 Å². The molecule has 0 aliphatic carbocycles. The first-order valence-electron chi connectivity index (χ1n) is 5.43. The van der Waals surface area contributed by atoms with Gasteiger partial charge in [0.25, 0.3) is 0 Å². The van der Waals surface area contributed by atoms with E-state index in [0.717, 1.165) is 20.5 Å². The van der Waals surface area contributed by atoms with Crippen LogP contribution in [0.3, 0.4) is 0 Å². The number of carbonyl (C=O) groups excluding carboxylic acids is 2. The number of rotatable bonds is 4. The minimum atomic E-state index is -3.58. The van der Waals surface area contributed by atoms with E-state index in [-0.39, 0.29) is 5.89 Å². The standard InChI is InChI=1S/C11H15NO7S/c1-11(2,20(5,15)16)10-12-6(8(13)17-3)7(19-10)9(14)18-4/h1-5H3. The molecule has 1 rings (SSSR count). The van der Waals surface area contributed by atoms with Crippen LogP contribution in [0.4, 0.5) is 0 Å². The fourth-order valence-electron chi connectivity index (χ4n) is 1.20. The molecule has 0 fully saturated rings. The number of oxazole rings is 1. The molecule has 9 heteroatoms. The van der Waals surface area contributed by atoms with Crippen LogP contribution in [0.2, 0.25) is 0 Å². The van der Waals surface area contributed by atoms with Crippen LogP contribution in [0.25, 0.3) is 0 Å². The van der Waals surface area contributed by atoms with Crippen molar-refractivity contribution in [1.29, 1.82) is 0 Å². The van der Waals surface area contributed by atoms with E-state index >= 15 is 0 Å². The maximum Gasteiger partial charge on any atom is 0.376 e. The molecule has 0 aliphatic rings. The highest BCUT2D eigenvalue weighted by molar-refractivity contribution is 7.91. The van der Waals surface area contributed by atoms with E-state index in [9.17, 15) is 18.0 Å². The summed E-state index contributed by atoms with van der Waals surface area (Å²) < 4.78 is 36.0. The van der Waals surface area contributed by atoms with Gasteiger partial charge in [-0.1, -0.05) is 0 Å². The number of carbonyl (C=O) groups is 2. The Bertz CT molecular complexity index is 608. The van der Waals surface area contributed by atoms with Crippen LogP contribution in [0, 0.1) is 0 Å². The molecular formula is C11H15NO7S. The summed E-state index contributed by atoms with van der Waals surface area (Å²) in [6, 6.07) is 0. The zero-order valence-corrected chi connectivity index (χ0v) is 12.5. The molecule has 0 aromatic carbocycles. The molecule has 0 aliphatic heterocycles. The number of hydrogen-bond donors (Lipinski definition) is 0. The van der Waals surface area contributed by atoms with Crippen LogP contribution in [0.1, 0.15) is 40.8 Å². The van der Waals surface area contributed by atoms with Crippen molar-refractivity contribution in [3.8, 4) is 0 Å². The van der Waals surface area contributed by atoms with Crippen LogP contribution in [0.5, 0.6) is 0 Å². The molecule has 0 amide bonds. The summed E-state index contributed by atoms with van der Waals surface area (Å²) in [6.07, 6.45) is 0.993. The normalized spacial score (nSPS) is 12.1. The molecule has 112 valence electrons. The van der Waals surface area contributed by atoms with Gasteiger partial charge in [0.15, 0.2) is 9.84 Å². The third-order valence-electron chi connectivity index (χ3n) is 2.82. The second-order valence-corrected chi connectivity index (χ2v) is 7.03. The van der Waals surface area contributed by atoms with Gasteiger partial charge in [-0.05, 0) is 13.8 Å². The Kier molecular flexibility index (Phi) is 4.23. The maximum absolute atomic E-state index is 11.7. The lowest BCUT2D eigenvalue weighted by Crippen LogP contribution is -2.28. The summed E-state index contributed by atoms with van der Waals surface area (Å²) in [5, 5.41) is 0. The van der Waals surface area contributed by atoms with Gasteiger partial charge in [0, 0.05) is 6.26 Å². The van der Waals surface area contributed by atoms with E-state index in [1.807, 2.05) is 0 Å². The van der Waals surface area contributed by atoms with E-state index in [2.05, 4.69) is 14.5 Å². The highest BCUT2D eigenvalue weighted by Gasteiger charge is 2.40. The Labute approximate surface area is 116 Å². The fourth-order valence-corrected chi connectivity index (χ4v) is 1.61. The van der Waals surface area contributed by atoms with Gasteiger partial charge in [0.05, 0.1) is 14.2 Å². The predicted octanol–water partition coefficient (Wildman–Crippen LogP) is 0.528. The first kappa shape index (κ1) is 16.2. The zero-order chi connectivity index (χ0) is 15.7. The summed E-state index contributed by atoms with van der Waals surface area (Å²) in [5.74, 6) is -2.66. The Balaban J connectivity index is 3.51. The molecule has 0 N–H and O–H groups in total. The molecule has 0 saturated carbocycles. The lowest BCUT2D eigenvalue weighted by molar-refractivity contribution is 0.0525. The molecule has 0 atom stereocenters. The lowest BCUT2D eigenvalue weighted by atomic mass is 10.2. The van der Waals surface area contributed by atoms with Gasteiger partial charge in [-0.15, -0.1) is 0 Å². The molecule has 0 bridgehead atoms. The lowest BCUT2D eigenvalue weighted by Gasteiger charge is -2.17. The molecule has 20 heavy (non-hydrogen) atoms. The van der Waals surface area contributed by atoms with Gasteiger partial charge in [0.1, 0.15) is 4.75 Å². The summed E-state index contributed by atoms with van der Waals surface area (Å²) in [7, 11) is -1.40. The van der Waals surface area contributed by atoms with Gasteiger partial charge in [-0.25, -0.2) is 23.0 Å². The molecule has 0 unspecified atom stereocenters. The molecule has 0 spiro atoms. The Morgan fingerprint density at radius 1 is 1.15 bits per heavy atom. The first-order valence-corrected chi connectivity index (χ1v) is 7.33. The number of hydrogen-bond acceptors (Lipinski definition) is 8. The summed E-state index contributed by atoms with van der Waals surface area (Å²) >= 11 is 0.